The normalized spacial score (nSPS) is 10.1. The van der Waals surface area contributed by atoms with E-state index in [-0.39, 0.29) is 0 Å². The van der Waals surface area contributed by atoms with Gasteiger partial charge in [0.15, 0.2) is 0 Å². The van der Waals surface area contributed by atoms with Gasteiger partial charge in [-0.15, -0.1) is 0 Å². The van der Waals surface area contributed by atoms with E-state index >= 15 is 0 Å². The fraction of sp³-hybridized carbons (Fsp3) is 0.0909. The lowest BCUT2D eigenvalue weighted by molar-refractivity contribution is 0.947. The molecule has 0 aliphatic heterocycles. The molecule has 0 saturated carbocycles. The molecule has 0 fully saturated rings. The van der Waals surface area contributed by atoms with Crippen LogP contribution in [0.5, 0.6) is 0 Å². The van der Waals surface area contributed by atoms with Crippen LogP contribution in [0.25, 0.3) is 0 Å². The van der Waals surface area contributed by atoms with E-state index in [2.05, 4.69) is 47.1 Å². The first kappa shape index (κ1) is 11.5. The minimum absolute atomic E-state index is 0.607. The zero-order chi connectivity index (χ0) is 11.4. The molecule has 0 aliphatic rings. The van der Waals surface area contributed by atoms with Crippen LogP contribution in [-0.4, -0.2) is 9.97 Å². The summed E-state index contributed by atoms with van der Waals surface area (Å²) in [5.74, 6) is 0.773. The molecule has 0 spiro atoms. The highest BCUT2D eigenvalue weighted by molar-refractivity contribution is 9.11. The number of hydrogen-bond donors (Lipinski definition) is 1. The molecule has 1 aromatic heterocycles. The minimum atomic E-state index is 0.607. The Morgan fingerprint density at radius 1 is 1.12 bits per heavy atom. The van der Waals surface area contributed by atoms with E-state index in [9.17, 15) is 0 Å². The third kappa shape index (κ3) is 3.02. The van der Waals surface area contributed by atoms with E-state index in [0.717, 1.165) is 20.5 Å². The summed E-state index contributed by atoms with van der Waals surface area (Å²) in [6.07, 6.45) is 3.47. The number of nitrogens with zero attached hydrogens (tertiary/aromatic N) is 2. The first-order valence-electron chi connectivity index (χ1n) is 4.70. The number of nitrogens with one attached hydrogen (secondary N) is 1. The number of aromatic nitrogens is 2. The van der Waals surface area contributed by atoms with Gasteiger partial charge >= 0.3 is 0 Å². The molecule has 5 heteroatoms. The lowest BCUT2D eigenvalue weighted by atomic mass is 10.3. The summed E-state index contributed by atoms with van der Waals surface area (Å²) in [7, 11) is 0. The van der Waals surface area contributed by atoms with Crippen LogP contribution in [0.2, 0.25) is 0 Å². The molecule has 2 aromatic rings. The summed E-state index contributed by atoms with van der Waals surface area (Å²) < 4.78 is 2.05. The topological polar surface area (TPSA) is 37.8 Å². The van der Waals surface area contributed by atoms with Gasteiger partial charge in [0.05, 0.1) is 6.54 Å². The number of rotatable bonds is 3. The van der Waals surface area contributed by atoms with Crippen molar-refractivity contribution in [2.75, 3.05) is 5.32 Å². The molecule has 1 N–H and O–H groups in total. The Hall–Kier alpha value is -0.940. The summed E-state index contributed by atoms with van der Waals surface area (Å²) in [6, 6.07) is 7.78. The summed E-state index contributed by atoms with van der Waals surface area (Å²) in [5, 5.41) is 3.27. The second kappa shape index (κ2) is 5.41. The van der Waals surface area contributed by atoms with Crippen molar-refractivity contribution in [3.63, 3.8) is 0 Å². The quantitative estimate of drug-likeness (QED) is 0.925. The highest BCUT2D eigenvalue weighted by Crippen LogP contribution is 2.26. The summed E-state index contributed by atoms with van der Waals surface area (Å²) in [6.45, 7) is 0.607. The molecule has 0 saturated heterocycles. The van der Waals surface area contributed by atoms with E-state index in [1.54, 1.807) is 18.5 Å². The Morgan fingerprint density at radius 3 is 2.62 bits per heavy atom. The standard InChI is InChI=1S/C11H9Br2N3/c12-8-2-3-9(13)10(6-8)16-7-11-14-4-1-5-15-11/h1-6,16H,7H2. The maximum Gasteiger partial charge on any atom is 0.147 e. The Balaban J connectivity index is 2.08. The molecule has 0 atom stereocenters. The molecule has 1 heterocycles. The molecule has 0 amide bonds. The van der Waals surface area contributed by atoms with Gasteiger partial charge < -0.3 is 5.32 Å². The van der Waals surface area contributed by atoms with Gasteiger partial charge in [0.25, 0.3) is 0 Å². The maximum atomic E-state index is 4.15. The van der Waals surface area contributed by atoms with Crippen molar-refractivity contribution in [3.8, 4) is 0 Å². The zero-order valence-electron chi connectivity index (χ0n) is 8.32. The van der Waals surface area contributed by atoms with Crippen LogP contribution in [0.4, 0.5) is 5.69 Å². The SMILES string of the molecule is Brc1ccc(Br)c(NCc2ncccn2)c1. The van der Waals surface area contributed by atoms with E-state index < -0.39 is 0 Å². The van der Waals surface area contributed by atoms with Crippen LogP contribution in [0.3, 0.4) is 0 Å². The van der Waals surface area contributed by atoms with Crippen molar-refractivity contribution in [2.45, 2.75) is 6.54 Å². The van der Waals surface area contributed by atoms with Crippen molar-refractivity contribution in [1.29, 1.82) is 0 Å². The molecule has 82 valence electrons. The largest absolute Gasteiger partial charge is 0.377 e. The Morgan fingerprint density at radius 2 is 1.88 bits per heavy atom. The van der Waals surface area contributed by atoms with Gasteiger partial charge in [0, 0.05) is 27.0 Å². The van der Waals surface area contributed by atoms with Gasteiger partial charge in [-0.25, -0.2) is 9.97 Å². The van der Waals surface area contributed by atoms with Gasteiger partial charge in [0.2, 0.25) is 0 Å². The molecule has 0 unspecified atom stereocenters. The first-order chi connectivity index (χ1) is 7.75. The third-order valence-electron chi connectivity index (χ3n) is 1.98. The van der Waals surface area contributed by atoms with Crippen molar-refractivity contribution in [3.05, 3.63) is 51.4 Å². The van der Waals surface area contributed by atoms with Gasteiger partial charge in [-0.3, -0.25) is 0 Å². The van der Waals surface area contributed by atoms with Crippen molar-refractivity contribution in [2.24, 2.45) is 0 Å². The fourth-order valence-corrected chi connectivity index (χ4v) is 1.98. The Labute approximate surface area is 111 Å². The number of benzene rings is 1. The average molecular weight is 343 g/mol. The molecule has 1 aromatic carbocycles. The zero-order valence-corrected chi connectivity index (χ0v) is 11.5. The molecule has 0 bridgehead atoms. The number of hydrogen-bond acceptors (Lipinski definition) is 3. The highest BCUT2D eigenvalue weighted by atomic mass is 79.9. The number of halogens is 2. The lowest BCUT2D eigenvalue weighted by Crippen LogP contribution is -2.03. The molecule has 0 radical (unpaired) electrons. The second-order valence-corrected chi connectivity index (χ2v) is 4.91. The molecule has 0 aliphatic carbocycles. The van der Waals surface area contributed by atoms with Crippen LogP contribution < -0.4 is 5.32 Å². The summed E-state index contributed by atoms with van der Waals surface area (Å²) in [4.78, 5) is 8.29. The van der Waals surface area contributed by atoms with Gasteiger partial charge in [0.1, 0.15) is 5.82 Å². The van der Waals surface area contributed by atoms with Crippen molar-refractivity contribution in [1.82, 2.24) is 9.97 Å². The van der Waals surface area contributed by atoms with Gasteiger partial charge in [-0.2, -0.15) is 0 Å². The monoisotopic (exact) mass is 341 g/mol. The summed E-state index contributed by atoms with van der Waals surface area (Å²) in [5.41, 5.74) is 1.02. The first-order valence-corrected chi connectivity index (χ1v) is 6.29. The maximum absolute atomic E-state index is 4.15. The van der Waals surface area contributed by atoms with Gasteiger partial charge in [-0.1, -0.05) is 15.9 Å². The van der Waals surface area contributed by atoms with E-state index in [0.29, 0.717) is 6.54 Å². The molecular weight excluding hydrogens is 334 g/mol. The number of anilines is 1. The molecular formula is C11H9Br2N3. The van der Waals surface area contributed by atoms with Crippen LogP contribution in [0.1, 0.15) is 5.82 Å². The summed E-state index contributed by atoms with van der Waals surface area (Å²) >= 11 is 6.91. The Bertz CT molecular complexity index is 474. The molecule has 16 heavy (non-hydrogen) atoms. The fourth-order valence-electron chi connectivity index (χ4n) is 1.23. The predicted molar refractivity (Wildman–Crippen MR) is 71.2 cm³/mol. The van der Waals surface area contributed by atoms with Crippen LogP contribution in [-0.2, 0) is 6.54 Å². The molecule has 3 nitrogen and oxygen atoms in total. The Kier molecular flexibility index (Phi) is 3.90. The minimum Gasteiger partial charge on any atom is -0.377 e. The van der Waals surface area contributed by atoms with E-state index in [4.69, 9.17) is 0 Å². The average Bonchev–Trinajstić information content (AvgIpc) is 2.32. The van der Waals surface area contributed by atoms with Crippen LogP contribution in [0, 0.1) is 0 Å². The smallest absolute Gasteiger partial charge is 0.147 e. The van der Waals surface area contributed by atoms with Crippen LogP contribution >= 0.6 is 31.9 Å². The van der Waals surface area contributed by atoms with E-state index in [1.807, 2.05) is 18.2 Å². The predicted octanol–water partition coefficient (Wildman–Crippen LogP) is 3.61. The lowest BCUT2D eigenvalue weighted by Gasteiger charge is -2.07. The van der Waals surface area contributed by atoms with Crippen molar-refractivity contribution >= 4 is 37.5 Å². The highest BCUT2D eigenvalue weighted by Gasteiger charge is 2.01. The second-order valence-electron chi connectivity index (χ2n) is 3.14. The third-order valence-corrected chi connectivity index (χ3v) is 3.17. The van der Waals surface area contributed by atoms with Crippen LogP contribution in [0.15, 0.2) is 45.6 Å². The van der Waals surface area contributed by atoms with E-state index in [1.165, 1.54) is 0 Å². The van der Waals surface area contributed by atoms with Crippen molar-refractivity contribution < 1.29 is 0 Å². The van der Waals surface area contributed by atoms with Gasteiger partial charge in [-0.05, 0) is 40.2 Å². The molecule has 2 rings (SSSR count).